The second-order valence-electron chi connectivity index (χ2n) is 7.40. The number of para-hydroxylation sites is 1. The number of fused-ring (bicyclic) bond motifs is 1. The Labute approximate surface area is 174 Å². The Kier molecular flexibility index (Phi) is 5.18. The minimum Gasteiger partial charge on any atom is -0.319 e. The number of amides is 1. The summed E-state index contributed by atoms with van der Waals surface area (Å²) in [6, 6.07) is 12.0. The van der Waals surface area contributed by atoms with E-state index < -0.39 is 22.0 Å². The maximum atomic E-state index is 13.1. The van der Waals surface area contributed by atoms with Gasteiger partial charge in [-0.25, -0.2) is 8.42 Å². The van der Waals surface area contributed by atoms with E-state index in [4.69, 9.17) is 0 Å². The van der Waals surface area contributed by atoms with Crippen LogP contribution >= 0.6 is 11.3 Å². The zero-order valence-electron chi connectivity index (χ0n) is 16.6. The highest BCUT2D eigenvalue weighted by atomic mass is 32.2. The van der Waals surface area contributed by atoms with E-state index in [2.05, 4.69) is 4.99 Å². The number of thiazole rings is 1. The SMILES string of the molecule is Cc1ccc(S(=O)(=O)N2CCCC2C(=O)N=c2sc3cccc(C)c3n2C)cc1. The van der Waals surface area contributed by atoms with Gasteiger partial charge in [0.2, 0.25) is 10.0 Å². The fraction of sp³-hybridized carbons (Fsp3) is 0.333. The molecular formula is C21H23N3O3S2. The molecule has 1 aliphatic heterocycles. The first-order valence-electron chi connectivity index (χ1n) is 9.51. The van der Waals surface area contributed by atoms with E-state index in [1.165, 1.54) is 15.6 Å². The Bertz CT molecular complexity index is 1250. The smallest absolute Gasteiger partial charge is 0.266 e. The van der Waals surface area contributed by atoms with Crippen molar-refractivity contribution in [2.24, 2.45) is 12.0 Å². The summed E-state index contributed by atoms with van der Waals surface area (Å²) in [6.07, 6.45) is 1.13. The number of hydrogen-bond donors (Lipinski definition) is 0. The third-order valence-electron chi connectivity index (χ3n) is 5.35. The molecule has 0 saturated carbocycles. The molecular weight excluding hydrogens is 406 g/mol. The minimum absolute atomic E-state index is 0.214. The molecule has 0 radical (unpaired) electrons. The average Bonchev–Trinajstić information content (AvgIpc) is 3.29. The quantitative estimate of drug-likeness (QED) is 0.642. The van der Waals surface area contributed by atoms with E-state index >= 15 is 0 Å². The summed E-state index contributed by atoms with van der Waals surface area (Å²) >= 11 is 1.44. The molecule has 1 aromatic heterocycles. The first-order chi connectivity index (χ1) is 13.8. The number of rotatable bonds is 3. The largest absolute Gasteiger partial charge is 0.319 e. The molecule has 1 unspecified atom stereocenters. The van der Waals surface area contributed by atoms with Crippen LogP contribution in [0.5, 0.6) is 0 Å². The molecule has 0 N–H and O–H groups in total. The van der Waals surface area contributed by atoms with E-state index in [0.717, 1.165) is 21.3 Å². The second kappa shape index (κ2) is 7.51. The van der Waals surface area contributed by atoms with Crippen LogP contribution in [0.1, 0.15) is 24.0 Å². The maximum Gasteiger partial charge on any atom is 0.266 e. The lowest BCUT2D eigenvalue weighted by Gasteiger charge is -2.21. The van der Waals surface area contributed by atoms with E-state index in [-0.39, 0.29) is 4.90 Å². The first kappa shape index (κ1) is 20.0. The highest BCUT2D eigenvalue weighted by Gasteiger charge is 2.39. The third-order valence-corrected chi connectivity index (χ3v) is 8.37. The molecule has 152 valence electrons. The molecule has 0 aliphatic carbocycles. The fourth-order valence-corrected chi connectivity index (χ4v) is 6.55. The van der Waals surface area contributed by atoms with Crippen molar-refractivity contribution < 1.29 is 13.2 Å². The van der Waals surface area contributed by atoms with Crippen molar-refractivity contribution in [1.29, 1.82) is 0 Å². The number of hydrogen-bond acceptors (Lipinski definition) is 4. The molecule has 8 heteroatoms. The molecule has 29 heavy (non-hydrogen) atoms. The van der Waals surface area contributed by atoms with Gasteiger partial charge in [-0.3, -0.25) is 4.79 Å². The van der Waals surface area contributed by atoms with Gasteiger partial charge in [0.15, 0.2) is 4.80 Å². The molecule has 2 heterocycles. The number of carbonyl (C=O) groups is 1. The van der Waals surface area contributed by atoms with Crippen molar-refractivity contribution in [2.45, 2.75) is 37.6 Å². The van der Waals surface area contributed by atoms with Gasteiger partial charge in [0, 0.05) is 13.6 Å². The van der Waals surface area contributed by atoms with Crippen LogP contribution in [0.4, 0.5) is 0 Å². The lowest BCUT2D eigenvalue weighted by molar-refractivity contribution is -0.121. The summed E-state index contributed by atoms with van der Waals surface area (Å²) in [5, 5.41) is 0. The number of benzene rings is 2. The summed E-state index contributed by atoms with van der Waals surface area (Å²) in [4.78, 5) is 18.1. The molecule has 0 spiro atoms. The molecule has 4 rings (SSSR count). The van der Waals surface area contributed by atoms with Crippen LogP contribution in [0.2, 0.25) is 0 Å². The number of aryl methyl sites for hydroxylation is 3. The van der Waals surface area contributed by atoms with Gasteiger partial charge < -0.3 is 4.57 Å². The Morgan fingerprint density at radius 3 is 2.55 bits per heavy atom. The zero-order chi connectivity index (χ0) is 20.8. The molecule has 0 bridgehead atoms. The maximum absolute atomic E-state index is 13.1. The van der Waals surface area contributed by atoms with E-state index in [0.29, 0.717) is 24.2 Å². The van der Waals surface area contributed by atoms with E-state index in [1.54, 1.807) is 24.3 Å². The Balaban J connectivity index is 1.70. The Morgan fingerprint density at radius 1 is 1.14 bits per heavy atom. The highest BCUT2D eigenvalue weighted by molar-refractivity contribution is 7.89. The molecule has 1 atom stereocenters. The monoisotopic (exact) mass is 429 g/mol. The molecule has 3 aromatic rings. The van der Waals surface area contributed by atoms with Crippen molar-refractivity contribution in [2.75, 3.05) is 6.54 Å². The number of carbonyl (C=O) groups excluding carboxylic acids is 1. The first-order valence-corrected chi connectivity index (χ1v) is 11.8. The van der Waals surface area contributed by atoms with Crippen molar-refractivity contribution >= 4 is 37.5 Å². The van der Waals surface area contributed by atoms with Crippen LogP contribution in [0.25, 0.3) is 10.2 Å². The zero-order valence-corrected chi connectivity index (χ0v) is 18.3. The van der Waals surface area contributed by atoms with Gasteiger partial charge in [0.25, 0.3) is 5.91 Å². The highest BCUT2D eigenvalue weighted by Crippen LogP contribution is 2.27. The lowest BCUT2D eigenvalue weighted by atomic mass is 10.2. The Morgan fingerprint density at radius 2 is 1.86 bits per heavy atom. The summed E-state index contributed by atoms with van der Waals surface area (Å²) in [5.41, 5.74) is 3.14. The van der Waals surface area contributed by atoms with Crippen molar-refractivity contribution in [3.8, 4) is 0 Å². The van der Waals surface area contributed by atoms with Gasteiger partial charge in [0.05, 0.1) is 15.1 Å². The minimum atomic E-state index is -3.73. The van der Waals surface area contributed by atoms with Crippen LogP contribution in [0, 0.1) is 13.8 Å². The predicted molar refractivity (Wildman–Crippen MR) is 114 cm³/mol. The topological polar surface area (TPSA) is 71.7 Å². The third kappa shape index (κ3) is 3.56. The summed E-state index contributed by atoms with van der Waals surface area (Å²) in [5.74, 6) is -0.405. The molecule has 6 nitrogen and oxygen atoms in total. The van der Waals surface area contributed by atoms with Crippen LogP contribution in [-0.2, 0) is 21.9 Å². The summed E-state index contributed by atoms with van der Waals surface area (Å²) < 4.78 is 30.5. The normalized spacial score (nSPS) is 18.6. The van der Waals surface area contributed by atoms with Crippen LogP contribution in [0.3, 0.4) is 0 Å². The predicted octanol–water partition coefficient (Wildman–Crippen LogP) is 3.14. The fourth-order valence-electron chi connectivity index (χ4n) is 3.79. The molecule has 2 aromatic carbocycles. The van der Waals surface area contributed by atoms with Crippen LogP contribution in [0.15, 0.2) is 52.4 Å². The summed E-state index contributed by atoms with van der Waals surface area (Å²) in [7, 11) is -1.85. The van der Waals surface area contributed by atoms with Gasteiger partial charge in [-0.05, 0) is 50.5 Å². The van der Waals surface area contributed by atoms with Crippen LogP contribution in [-0.4, -0.2) is 35.8 Å². The number of sulfonamides is 1. The lowest BCUT2D eigenvalue weighted by Crippen LogP contribution is -2.40. The van der Waals surface area contributed by atoms with Gasteiger partial charge in [-0.1, -0.05) is 41.2 Å². The Hall–Kier alpha value is -2.29. The molecule has 1 aliphatic rings. The van der Waals surface area contributed by atoms with Crippen molar-refractivity contribution in [1.82, 2.24) is 8.87 Å². The van der Waals surface area contributed by atoms with E-state index in [1.807, 2.05) is 43.7 Å². The van der Waals surface area contributed by atoms with Gasteiger partial charge in [-0.15, -0.1) is 0 Å². The number of nitrogens with zero attached hydrogens (tertiary/aromatic N) is 3. The number of aromatic nitrogens is 1. The van der Waals surface area contributed by atoms with E-state index in [9.17, 15) is 13.2 Å². The molecule has 1 amide bonds. The van der Waals surface area contributed by atoms with Crippen molar-refractivity contribution in [3.05, 3.63) is 58.4 Å². The average molecular weight is 430 g/mol. The van der Waals surface area contributed by atoms with Crippen molar-refractivity contribution in [3.63, 3.8) is 0 Å². The summed E-state index contributed by atoms with van der Waals surface area (Å²) in [6.45, 7) is 4.26. The van der Waals surface area contributed by atoms with Crippen LogP contribution < -0.4 is 4.80 Å². The standard InChI is InChI=1S/C21H23N3O3S2/c1-14-9-11-16(12-10-14)29(26,27)24-13-5-7-17(24)20(25)22-21-23(3)19-15(2)6-4-8-18(19)28-21/h4,6,8-12,17H,5,7,13H2,1-3H3. The van der Waals surface area contributed by atoms with Gasteiger partial charge in [-0.2, -0.15) is 9.30 Å². The van der Waals surface area contributed by atoms with Gasteiger partial charge in [0.1, 0.15) is 6.04 Å². The second-order valence-corrected chi connectivity index (χ2v) is 10.3. The molecule has 1 fully saturated rings. The molecule has 1 saturated heterocycles. The van der Waals surface area contributed by atoms with Gasteiger partial charge >= 0.3 is 0 Å².